The Morgan fingerprint density at radius 1 is 1.21 bits per heavy atom. The number of hydrogen-bond acceptors (Lipinski definition) is 8. The number of aromatic nitrogens is 2. The summed E-state index contributed by atoms with van der Waals surface area (Å²) in [4.78, 5) is 12.0. The molecule has 0 bridgehead atoms. The molecule has 0 amide bonds. The van der Waals surface area contributed by atoms with Crippen molar-refractivity contribution in [3.63, 3.8) is 0 Å². The highest BCUT2D eigenvalue weighted by Gasteiger charge is 2.07. The lowest BCUT2D eigenvalue weighted by Gasteiger charge is -2.08. The predicted octanol–water partition coefficient (Wildman–Crippen LogP) is 3.27. The molecule has 0 aliphatic heterocycles. The van der Waals surface area contributed by atoms with Crippen molar-refractivity contribution in [2.24, 2.45) is 0 Å². The van der Waals surface area contributed by atoms with E-state index in [-0.39, 0.29) is 6.61 Å². The largest absolute Gasteiger partial charge is 0.493 e. The number of carbonyl (C=O) groups is 1. The molecule has 8 nitrogen and oxygen atoms in total. The number of carbonyl (C=O) groups excluding carboxylic acids is 1. The lowest BCUT2D eigenvalue weighted by molar-refractivity contribution is -0.128. The van der Waals surface area contributed by atoms with Gasteiger partial charge in [0.25, 0.3) is 0 Å². The third kappa shape index (κ3) is 4.74. The average Bonchev–Trinajstić information content (AvgIpc) is 3.26. The van der Waals surface area contributed by atoms with Crippen LogP contribution in [0, 0.1) is 11.3 Å². The molecule has 0 radical (unpaired) electrons. The van der Waals surface area contributed by atoms with Gasteiger partial charge < -0.3 is 18.6 Å². The van der Waals surface area contributed by atoms with Crippen molar-refractivity contribution >= 4 is 12.0 Å². The number of hydrogen-bond donors (Lipinski definition) is 0. The molecule has 2 aromatic carbocycles. The second-order valence-corrected chi connectivity index (χ2v) is 5.38. The van der Waals surface area contributed by atoms with E-state index in [1.165, 1.54) is 19.6 Å². The molecule has 0 fully saturated rings. The van der Waals surface area contributed by atoms with Crippen molar-refractivity contribution < 1.29 is 23.4 Å². The van der Waals surface area contributed by atoms with Crippen LogP contribution in [0.2, 0.25) is 0 Å². The number of methoxy groups -OCH3 is 1. The number of nitrogens with zero attached hydrogens (tertiary/aromatic N) is 3. The van der Waals surface area contributed by atoms with Gasteiger partial charge in [0, 0.05) is 11.6 Å². The van der Waals surface area contributed by atoms with Crippen LogP contribution in [0.3, 0.4) is 0 Å². The predicted molar refractivity (Wildman–Crippen MR) is 98.5 cm³/mol. The Kier molecular flexibility index (Phi) is 6.00. The van der Waals surface area contributed by atoms with Crippen LogP contribution < -0.4 is 14.2 Å². The summed E-state index contributed by atoms with van der Waals surface area (Å²) in [6.07, 6.45) is 4.13. The van der Waals surface area contributed by atoms with Gasteiger partial charge in [0.1, 0.15) is 11.8 Å². The van der Waals surface area contributed by atoms with Crippen LogP contribution in [-0.2, 0) is 4.79 Å². The smallest absolute Gasteiger partial charge is 0.336 e. The summed E-state index contributed by atoms with van der Waals surface area (Å²) in [5.41, 5.74) is 1.43. The van der Waals surface area contributed by atoms with Gasteiger partial charge in [0.15, 0.2) is 18.1 Å². The average molecular weight is 377 g/mol. The Labute approximate surface area is 160 Å². The highest BCUT2D eigenvalue weighted by atomic mass is 16.5. The Balaban J connectivity index is 1.62. The molecule has 3 rings (SSSR count). The number of ether oxygens (including phenoxy) is 3. The van der Waals surface area contributed by atoms with Crippen molar-refractivity contribution in [1.29, 1.82) is 5.26 Å². The minimum absolute atomic E-state index is 0.0802. The van der Waals surface area contributed by atoms with Crippen molar-refractivity contribution in [3.05, 3.63) is 60.5 Å². The van der Waals surface area contributed by atoms with Crippen molar-refractivity contribution in [2.75, 3.05) is 13.7 Å². The van der Waals surface area contributed by atoms with Crippen LogP contribution >= 0.6 is 0 Å². The van der Waals surface area contributed by atoms with Gasteiger partial charge in [-0.15, -0.1) is 10.2 Å². The summed E-state index contributed by atoms with van der Waals surface area (Å²) < 4.78 is 20.8. The fourth-order valence-corrected chi connectivity index (χ4v) is 2.30. The van der Waals surface area contributed by atoms with Crippen molar-refractivity contribution in [2.45, 2.75) is 0 Å². The SMILES string of the molecule is COc1cc(/C=C/C(=O)Oc2ccc(-c3nnco3)cc2)ccc1OCC#N. The second kappa shape index (κ2) is 9.00. The van der Waals surface area contributed by atoms with E-state index < -0.39 is 5.97 Å². The van der Waals surface area contributed by atoms with Crippen LogP contribution in [0.5, 0.6) is 17.2 Å². The first-order chi connectivity index (χ1) is 13.7. The molecule has 28 heavy (non-hydrogen) atoms. The van der Waals surface area contributed by atoms with E-state index in [1.807, 2.05) is 6.07 Å². The number of esters is 1. The minimum Gasteiger partial charge on any atom is -0.493 e. The number of benzene rings is 2. The van der Waals surface area contributed by atoms with E-state index in [0.717, 1.165) is 5.56 Å². The molecule has 0 spiro atoms. The van der Waals surface area contributed by atoms with Crippen LogP contribution in [0.25, 0.3) is 17.5 Å². The highest BCUT2D eigenvalue weighted by molar-refractivity contribution is 5.88. The van der Waals surface area contributed by atoms with E-state index >= 15 is 0 Å². The zero-order valence-corrected chi connectivity index (χ0v) is 14.9. The summed E-state index contributed by atoms with van der Waals surface area (Å²) >= 11 is 0. The normalized spacial score (nSPS) is 10.4. The number of rotatable bonds is 7. The quantitative estimate of drug-likeness (QED) is 0.351. The van der Waals surface area contributed by atoms with Crippen LogP contribution in [0.1, 0.15) is 5.56 Å². The summed E-state index contributed by atoms with van der Waals surface area (Å²) in [5.74, 6) is 1.14. The molecule has 0 saturated heterocycles. The molecule has 0 atom stereocenters. The number of nitriles is 1. The van der Waals surface area contributed by atoms with E-state index in [1.54, 1.807) is 48.5 Å². The molecule has 1 aromatic heterocycles. The standard InChI is InChI=1S/C20H15N3O5/c1-25-18-12-14(2-8-17(18)26-11-10-21)3-9-19(24)28-16-6-4-15(5-7-16)20-23-22-13-27-20/h2-9,12-13H,11H2,1H3/b9-3+. The van der Waals surface area contributed by atoms with Gasteiger partial charge in [-0.2, -0.15) is 5.26 Å². The lowest BCUT2D eigenvalue weighted by Crippen LogP contribution is -2.03. The van der Waals surface area contributed by atoms with Crippen LogP contribution in [0.4, 0.5) is 0 Å². The van der Waals surface area contributed by atoms with Gasteiger partial charge in [0.2, 0.25) is 12.3 Å². The zero-order chi connectivity index (χ0) is 19.8. The molecule has 0 aliphatic rings. The summed E-state index contributed by atoms with van der Waals surface area (Å²) in [7, 11) is 1.49. The van der Waals surface area contributed by atoms with Gasteiger partial charge in [-0.1, -0.05) is 6.07 Å². The highest BCUT2D eigenvalue weighted by Crippen LogP contribution is 2.28. The molecule has 0 N–H and O–H groups in total. The minimum atomic E-state index is -0.533. The first-order valence-electron chi connectivity index (χ1n) is 8.14. The molecule has 0 unspecified atom stereocenters. The Morgan fingerprint density at radius 2 is 2.04 bits per heavy atom. The molecule has 8 heteroatoms. The maximum Gasteiger partial charge on any atom is 0.336 e. The molecule has 0 saturated carbocycles. The lowest BCUT2D eigenvalue weighted by atomic mass is 10.2. The molecule has 140 valence electrons. The van der Waals surface area contributed by atoms with E-state index in [2.05, 4.69) is 10.2 Å². The third-order valence-electron chi connectivity index (χ3n) is 3.57. The molecular formula is C20H15N3O5. The van der Waals surface area contributed by atoms with Crippen molar-refractivity contribution in [1.82, 2.24) is 10.2 Å². The summed E-state index contributed by atoms with van der Waals surface area (Å²) in [6, 6.07) is 13.7. The van der Waals surface area contributed by atoms with Gasteiger partial charge in [0.05, 0.1) is 7.11 Å². The van der Waals surface area contributed by atoms with Gasteiger partial charge in [-0.05, 0) is 48.0 Å². The Hall–Kier alpha value is -4.12. The zero-order valence-electron chi connectivity index (χ0n) is 14.9. The fourth-order valence-electron chi connectivity index (χ4n) is 2.30. The maximum atomic E-state index is 12.0. The molecule has 1 heterocycles. The molecule has 3 aromatic rings. The van der Waals surface area contributed by atoms with Gasteiger partial charge in [-0.3, -0.25) is 0 Å². The van der Waals surface area contributed by atoms with Crippen LogP contribution in [0.15, 0.2) is 59.4 Å². The van der Waals surface area contributed by atoms with E-state index in [4.69, 9.17) is 23.9 Å². The monoisotopic (exact) mass is 377 g/mol. The third-order valence-corrected chi connectivity index (χ3v) is 3.57. The second-order valence-electron chi connectivity index (χ2n) is 5.38. The Morgan fingerprint density at radius 3 is 2.71 bits per heavy atom. The summed E-state index contributed by atoms with van der Waals surface area (Å²) in [5, 5.41) is 16.0. The van der Waals surface area contributed by atoms with Gasteiger partial charge in [-0.25, -0.2) is 4.79 Å². The fraction of sp³-hybridized carbons (Fsp3) is 0.100. The van der Waals surface area contributed by atoms with Crippen LogP contribution in [-0.4, -0.2) is 29.9 Å². The Bertz CT molecular complexity index is 1010. The molecule has 0 aliphatic carbocycles. The van der Waals surface area contributed by atoms with Crippen molar-refractivity contribution in [3.8, 4) is 34.8 Å². The van der Waals surface area contributed by atoms with E-state index in [9.17, 15) is 4.79 Å². The summed E-state index contributed by atoms with van der Waals surface area (Å²) in [6.45, 7) is -0.0802. The first kappa shape index (κ1) is 18.7. The maximum absolute atomic E-state index is 12.0. The van der Waals surface area contributed by atoms with Gasteiger partial charge >= 0.3 is 5.97 Å². The first-order valence-corrected chi connectivity index (χ1v) is 8.14. The topological polar surface area (TPSA) is 107 Å². The molecular weight excluding hydrogens is 362 g/mol. The van der Waals surface area contributed by atoms with E-state index in [0.29, 0.717) is 28.7 Å².